The molecule has 1 aromatic carbocycles. The Morgan fingerprint density at radius 2 is 2.29 bits per heavy atom. The molecule has 1 heterocycles. The van der Waals surface area contributed by atoms with Crippen LogP contribution >= 0.6 is 0 Å². The molecule has 0 atom stereocenters. The highest BCUT2D eigenvalue weighted by Gasteiger charge is 2.03. The van der Waals surface area contributed by atoms with Crippen molar-refractivity contribution in [1.82, 2.24) is 9.55 Å². The fourth-order valence-corrected chi connectivity index (χ4v) is 1.30. The van der Waals surface area contributed by atoms with Crippen molar-refractivity contribution in [3.05, 3.63) is 42.5 Å². The van der Waals surface area contributed by atoms with Crippen LogP contribution in [0.2, 0.25) is 0 Å². The zero-order chi connectivity index (χ0) is 9.97. The molecule has 0 fully saturated rings. The van der Waals surface area contributed by atoms with E-state index in [0.29, 0.717) is 12.2 Å². The zero-order valence-electron chi connectivity index (χ0n) is 7.59. The van der Waals surface area contributed by atoms with Gasteiger partial charge in [0.15, 0.2) is 0 Å². The molecule has 2 rings (SSSR count). The summed E-state index contributed by atoms with van der Waals surface area (Å²) in [4.78, 5) is 3.92. The van der Waals surface area contributed by atoms with Crippen LogP contribution in [-0.4, -0.2) is 14.7 Å². The molecule has 72 valence electrons. The predicted molar refractivity (Wildman–Crippen MR) is 53.1 cm³/mol. The van der Waals surface area contributed by atoms with Crippen molar-refractivity contribution in [2.45, 2.75) is 6.54 Å². The van der Waals surface area contributed by atoms with E-state index < -0.39 is 0 Å². The molecule has 0 radical (unpaired) electrons. The summed E-state index contributed by atoms with van der Waals surface area (Å²) in [5, 5.41) is 9.61. The number of nitrogens with zero attached hydrogens (tertiary/aromatic N) is 2. The quantitative estimate of drug-likeness (QED) is 0.741. The maximum Gasteiger partial charge on any atom is 0.139 e. The lowest BCUT2D eigenvalue weighted by molar-refractivity contribution is 0.472. The van der Waals surface area contributed by atoms with Gasteiger partial charge in [-0.05, 0) is 17.7 Å². The molecule has 0 amide bonds. The van der Waals surface area contributed by atoms with Crippen molar-refractivity contribution in [3.63, 3.8) is 0 Å². The first kappa shape index (κ1) is 8.77. The second kappa shape index (κ2) is 3.51. The van der Waals surface area contributed by atoms with E-state index in [-0.39, 0.29) is 5.75 Å². The van der Waals surface area contributed by atoms with E-state index in [1.807, 2.05) is 6.07 Å². The van der Waals surface area contributed by atoms with E-state index >= 15 is 0 Å². The molecule has 0 aliphatic rings. The molecule has 1 aromatic heterocycles. The molecular formula is C10H11N3O. The Balaban J connectivity index is 2.51. The van der Waals surface area contributed by atoms with E-state index in [2.05, 4.69) is 4.98 Å². The fraction of sp³-hybridized carbons (Fsp3) is 0.100. The maximum atomic E-state index is 9.61. The van der Waals surface area contributed by atoms with Gasteiger partial charge in [0.05, 0.1) is 12.0 Å². The van der Waals surface area contributed by atoms with Crippen molar-refractivity contribution >= 4 is 0 Å². The second-order valence-electron chi connectivity index (χ2n) is 3.00. The summed E-state index contributed by atoms with van der Waals surface area (Å²) in [7, 11) is 0. The first-order chi connectivity index (χ1) is 6.81. The van der Waals surface area contributed by atoms with Gasteiger partial charge in [-0.2, -0.15) is 0 Å². The third-order valence-corrected chi connectivity index (χ3v) is 2.06. The highest BCUT2D eigenvalue weighted by atomic mass is 16.3. The van der Waals surface area contributed by atoms with Gasteiger partial charge in [-0.3, -0.25) is 0 Å². The minimum Gasteiger partial charge on any atom is -0.506 e. The predicted octanol–water partition coefficient (Wildman–Crippen LogP) is 1.04. The van der Waals surface area contributed by atoms with Gasteiger partial charge in [-0.1, -0.05) is 6.07 Å². The van der Waals surface area contributed by atoms with Crippen molar-refractivity contribution in [2.24, 2.45) is 5.73 Å². The summed E-state index contributed by atoms with van der Waals surface area (Å²) < 4.78 is 1.74. The van der Waals surface area contributed by atoms with E-state index in [1.54, 1.807) is 35.4 Å². The lowest BCUT2D eigenvalue weighted by Crippen LogP contribution is -1.98. The number of aromatic nitrogens is 2. The Morgan fingerprint density at radius 1 is 1.43 bits per heavy atom. The maximum absolute atomic E-state index is 9.61. The largest absolute Gasteiger partial charge is 0.506 e. The summed E-state index contributed by atoms with van der Waals surface area (Å²) >= 11 is 0. The molecule has 14 heavy (non-hydrogen) atoms. The normalized spacial score (nSPS) is 10.4. The van der Waals surface area contributed by atoms with E-state index in [0.717, 1.165) is 5.56 Å². The van der Waals surface area contributed by atoms with Gasteiger partial charge in [0.1, 0.15) is 5.75 Å². The molecule has 0 aliphatic heterocycles. The highest BCUT2D eigenvalue weighted by Crippen LogP contribution is 2.22. The van der Waals surface area contributed by atoms with Crippen LogP contribution in [-0.2, 0) is 6.54 Å². The molecule has 0 aliphatic carbocycles. The number of phenolic OH excluding ortho intramolecular Hbond substituents is 1. The van der Waals surface area contributed by atoms with Crippen LogP contribution in [0.3, 0.4) is 0 Å². The zero-order valence-corrected chi connectivity index (χ0v) is 7.59. The van der Waals surface area contributed by atoms with Gasteiger partial charge >= 0.3 is 0 Å². The van der Waals surface area contributed by atoms with Crippen LogP contribution in [0.25, 0.3) is 5.69 Å². The molecule has 0 unspecified atom stereocenters. The number of hydrogen-bond acceptors (Lipinski definition) is 3. The summed E-state index contributed by atoms with van der Waals surface area (Å²) in [5.74, 6) is 0.222. The van der Waals surface area contributed by atoms with Gasteiger partial charge in [0, 0.05) is 18.9 Å². The number of rotatable bonds is 2. The number of imidazole rings is 1. The molecule has 4 heteroatoms. The lowest BCUT2D eigenvalue weighted by Gasteiger charge is -2.06. The fourth-order valence-electron chi connectivity index (χ4n) is 1.30. The minimum absolute atomic E-state index is 0.222. The van der Waals surface area contributed by atoms with Crippen LogP contribution < -0.4 is 5.73 Å². The van der Waals surface area contributed by atoms with E-state index in [1.165, 1.54) is 0 Å². The van der Waals surface area contributed by atoms with Crippen molar-refractivity contribution in [2.75, 3.05) is 0 Å². The Labute approximate surface area is 81.6 Å². The molecule has 4 nitrogen and oxygen atoms in total. The summed E-state index contributed by atoms with van der Waals surface area (Å²) in [6.45, 7) is 0.460. The number of nitrogens with two attached hydrogens (primary N) is 1. The van der Waals surface area contributed by atoms with Crippen LogP contribution in [0.5, 0.6) is 5.75 Å². The molecule has 2 aromatic rings. The molecular weight excluding hydrogens is 178 g/mol. The SMILES string of the molecule is NCc1ccc(O)c(-n2ccnc2)c1. The van der Waals surface area contributed by atoms with E-state index in [4.69, 9.17) is 5.73 Å². The standard InChI is InChI=1S/C10H11N3O/c11-6-8-1-2-10(14)9(5-8)13-4-3-12-7-13/h1-5,7,14H,6,11H2. The summed E-state index contributed by atoms with van der Waals surface area (Å²) in [6, 6.07) is 5.28. The van der Waals surface area contributed by atoms with Crippen molar-refractivity contribution in [1.29, 1.82) is 0 Å². The Hall–Kier alpha value is -1.81. The van der Waals surface area contributed by atoms with Crippen LogP contribution in [0.15, 0.2) is 36.9 Å². The summed E-state index contributed by atoms with van der Waals surface area (Å²) in [5.41, 5.74) is 7.19. The first-order valence-electron chi connectivity index (χ1n) is 4.31. The van der Waals surface area contributed by atoms with Gasteiger partial charge in [0.25, 0.3) is 0 Å². The average molecular weight is 189 g/mol. The van der Waals surface area contributed by atoms with Gasteiger partial charge in [0.2, 0.25) is 0 Å². The number of benzene rings is 1. The van der Waals surface area contributed by atoms with Crippen LogP contribution in [0.4, 0.5) is 0 Å². The Kier molecular flexibility index (Phi) is 2.20. The Bertz CT molecular complexity index is 423. The van der Waals surface area contributed by atoms with Crippen molar-refractivity contribution < 1.29 is 5.11 Å². The lowest BCUT2D eigenvalue weighted by atomic mass is 10.2. The first-order valence-corrected chi connectivity index (χ1v) is 4.31. The number of phenols is 1. The molecule has 0 saturated heterocycles. The van der Waals surface area contributed by atoms with E-state index in [9.17, 15) is 5.11 Å². The molecule has 0 bridgehead atoms. The van der Waals surface area contributed by atoms with Gasteiger partial charge in [-0.25, -0.2) is 4.98 Å². The third kappa shape index (κ3) is 1.47. The average Bonchev–Trinajstić information content (AvgIpc) is 2.71. The van der Waals surface area contributed by atoms with Crippen LogP contribution in [0, 0.1) is 0 Å². The molecule has 0 saturated carbocycles. The number of hydrogen-bond donors (Lipinski definition) is 2. The summed E-state index contributed by atoms with van der Waals surface area (Å²) in [6.07, 6.45) is 5.07. The number of aromatic hydroxyl groups is 1. The smallest absolute Gasteiger partial charge is 0.139 e. The monoisotopic (exact) mass is 189 g/mol. The molecule has 3 N–H and O–H groups in total. The van der Waals surface area contributed by atoms with Crippen LogP contribution in [0.1, 0.15) is 5.56 Å². The Morgan fingerprint density at radius 3 is 2.93 bits per heavy atom. The third-order valence-electron chi connectivity index (χ3n) is 2.06. The van der Waals surface area contributed by atoms with Gasteiger partial charge < -0.3 is 15.4 Å². The van der Waals surface area contributed by atoms with Gasteiger partial charge in [-0.15, -0.1) is 0 Å². The molecule has 0 spiro atoms. The highest BCUT2D eigenvalue weighted by molar-refractivity contribution is 5.48. The topological polar surface area (TPSA) is 64.1 Å². The minimum atomic E-state index is 0.222. The second-order valence-corrected chi connectivity index (χ2v) is 3.00. The van der Waals surface area contributed by atoms with Crippen molar-refractivity contribution in [3.8, 4) is 11.4 Å².